The number of hydrogen-bond acceptors (Lipinski definition) is 4. The number of hydrogen-bond donors (Lipinski definition) is 1. The van der Waals surface area contributed by atoms with Gasteiger partial charge in [0.05, 0.1) is 6.54 Å². The van der Waals surface area contributed by atoms with Crippen LogP contribution in [0, 0.1) is 6.92 Å². The largest absolute Gasteiger partial charge is 0.340 e. The Labute approximate surface area is 123 Å². The Balaban J connectivity index is 1.60. The van der Waals surface area contributed by atoms with Crippen LogP contribution in [-0.2, 0) is 13.1 Å². The fraction of sp³-hybridized carbons (Fsp3) is 0.375. The van der Waals surface area contributed by atoms with Crippen LogP contribution < -0.4 is 5.32 Å². The summed E-state index contributed by atoms with van der Waals surface area (Å²) in [6, 6.07) is 9.48. The van der Waals surface area contributed by atoms with Crippen molar-refractivity contribution in [3.63, 3.8) is 0 Å². The molecule has 1 fully saturated rings. The summed E-state index contributed by atoms with van der Waals surface area (Å²) < 4.78 is 7.20. The van der Waals surface area contributed by atoms with Crippen LogP contribution in [0.25, 0.3) is 10.9 Å². The maximum absolute atomic E-state index is 5.04. The molecule has 0 saturated heterocycles. The van der Waals surface area contributed by atoms with E-state index < -0.39 is 0 Å². The number of aromatic nitrogens is 3. The van der Waals surface area contributed by atoms with Gasteiger partial charge in [-0.2, -0.15) is 4.98 Å². The lowest BCUT2D eigenvalue weighted by atomic mass is 10.1. The summed E-state index contributed by atoms with van der Waals surface area (Å²) in [6.45, 7) is 3.39. The number of aryl methyl sites for hydroxylation is 1. The Morgan fingerprint density at radius 3 is 3.00 bits per heavy atom. The van der Waals surface area contributed by atoms with E-state index in [1.807, 2.05) is 6.92 Å². The molecule has 0 amide bonds. The molecule has 1 aliphatic carbocycles. The van der Waals surface area contributed by atoms with Crippen molar-refractivity contribution in [1.29, 1.82) is 0 Å². The van der Waals surface area contributed by atoms with Gasteiger partial charge in [-0.25, -0.2) is 0 Å². The van der Waals surface area contributed by atoms with Gasteiger partial charge in [0.15, 0.2) is 5.82 Å². The molecule has 2 aromatic heterocycles. The van der Waals surface area contributed by atoms with Crippen molar-refractivity contribution >= 4 is 10.9 Å². The van der Waals surface area contributed by atoms with Crippen LogP contribution >= 0.6 is 0 Å². The molecule has 5 nitrogen and oxygen atoms in total. The summed E-state index contributed by atoms with van der Waals surface area (Å²) >= 11 is 0. The first-order valence-corrected chi connectivity index (χ1v) is 7.38. The molecule has 1 N–H and O–H groups in total. The topological polar surface area (TPSA) is 55.9 Å². The molecule has 0 aliphatic heterocycles. The van der Waals surface area contributed by atoms with Gasteiger partial charge in [0.2, 0.25) is 5.89 Å². The minimum Gasteiger partial charge on any atom is -0.340 e. The van der Waals surface area contributed by atoms with Crippen molar-refractivity contribution in [3.05, 3.63) is 47.7 Å². The highest BCUT2D eigenvalue weighted by atomic mass is 16.5. The number of benzene rings is 1. The molecule has 0 bridgehead atoms. The predicted molar refractivity (Wildman–Crippen MR) is 79.9 cm³/mol. The first kappa shape index (κ1) is 12.6. The van der Waals surface area contributed by atoms with Gasteiger partial charge in [0.25, 0.3) is 0 Å². The molecule has 0 spiro atoms. The van der Waals surface area contributed by atoms with E-state index in [2.05, 4.69) is 50.5 Å². The van der Waals surface area contributed by atoms with Crippen LogP contribution in [0.5, 0.6) is 0 Å². The molecular formula is C16H18N4O. The van der Waals surface area contributed by atoms with Gasteiger partial charge in [-0.1, -0.05) is 17.3 Å². The third-order valence-corrected chi connectivity index (χ3v) is 3.89. The summed E-state index contributed by atoms with van der Waals surface area (Å²) in [5.41, 5.74) is 2.53. The molecule has 3 aromatic rings. The lowest BCUT2D eigenvalue weighted by Crippen LogP contribution is -2.15. The molecule has 5 heteroatoms. The minimum atomic E-state index is 0.607. The molecular weight excluding hydrogens is 264 g/mol. The van der Waals surface area contributed by atoms with E-state index in [9.17, 15) is 0 Å². The number of nitrogens with one attached hydrogen (secondary N) is 1. The van der Waals surface area contributed by atoms with Gasteiger partial charge in [-0.15, -0.1) is 0 Å². The Morgan fingerprint density at radius 2 is 2.24 bits per heavy atom. The average Bonchev–Trinajstić information content (AvgIpc) is 3.12. The SMILES string of the molecule is Cc1nc(Cn2ccc3ccc(CNC4CC4)cc32)no1. The molecule has 21 heavy (non-hydrogen) atoms. The first-order chi connectivity index (χ1) is 10.3. The summed E-state index contributed by atoms with van der Waals surface area (Å²) in [7, 11) is 0. The third kappa shape index (κ3) is 2.69. The van der Waals surface area contributed by atoms with E-state index in [-0.39, 0.29) is 0 Å². The second-order valence-corrected chi connectivity index (χ2v) is 5.72. The standard InChI is InChI=1S/C16H18N4O/c1-11-18-16(19-21-11)10-20-7-6-13-3-2-12(8-15(13)20)9-17-14-4-5-14/h2-3,6-8,14,17H,4-5,9-10H2,1H3. The van der Waals surface area contributed by atoms with Gasteiger partial charge in [-0.05, 0) is 35.9 Å². The quantitative estimate of drug-likeness (QED) is 0.781. The molecule has 1 saturated carbocycles. The van der Waals surface area contributed by atoms with Gasteiger partial charge >= 0.3 is 0 Å². The lowest BCUT2D eigenvalue weighted by Gasteiger charge is -2.06. The van der Waals surface area contributed by atoms with E-state index >= 15 is 0 Å². The van der Waals surface area contributed by atoms with E-state index in [0.29, 0.717) is 18.3 Å². The molecule has 0 unspecified atom stereocenters. The van der Waals surface area contributed by atoms with E-state index in [0.717, 1.165) is 12.6 Å². The third-order valence-electron chi connectivity index (χ3n) is 3.89. The molecule has 1 aromatic carbocycles. The zero-order valence-electron chi connectivity index (χ0n) is 12.0. The molecule has 108 valence electrons. The smallest absolute Gasteiger partial charge is 0.223 e. The number of rotatable bonds is 5. The zero-order chi connectivity index (χ0) is 14.2. The number of fused-ring (bicyclic) bond motifs is 1. The second-order valence-electron chi connectivity index (χ2n) is 5.72. The van der Waals surface area contributed by atoms with Crippen molar-refractivity contribution < 1.29 is 4.52 Å². The predicted octanol–water partition coefficient (Wildman–Crippen LogP) is 2.63. The summed E-state index contributed by atoms with van der Waals surface area (Å²) in [4.78, 5) is 4.27. The fourth-order valence-corrected chi connectivity index (χ4v) is 2.58. The van der Waals surface area contributed by atoms with Crippen molar-refractivity contribution in [3.8, 4) is 0 Å². The van der Waals surface area contributed by atoms with Crippen LogP contribution in [0.4, 0.5) is 0 Å². The monoisotopic (exact) mass is 282 g/mol. The maximum Gasteiger partial charge on any atom is 0.223 e. The zero-order valence-corrected chi connectivity index (χ0v) is 12.0. The molecule has 1 aliphatic rings. The maximum atomic E-state index is 5.04. The molecule has 4 rings (SSSR count). The van der Waals surface area contributed by atoms with Gasteiger partial charge < -0.3 is 14.4 Å². The number of nitrogens with zero attached hydrogens (tertiary/aromatic N) is 3. The van der Waals surface area contributed by atoms with Crippen molar-refractivity contribution in [2.45, 2.75) is 38.9 Å². The molecule has 2 heterocycles. The van der Waals surface area contributed by atoms with E-state index in [1.165, 1.54) is 29.3 Å². The lowest BCUT2D eigenvalue weighted by molar-refractivity contribution is 0.386. The highest BCUT2D eigenvalue weighted by Gasteiger charge is 2.20. The summed E-state index contributed by atoms with van der Waals surface area (Å²) in [5.74, 6) is 1.32. The van der Waals surface area contributed by atoms with Gasteiger partial charge in [0, 0.05) is 31.2 Å². The minimum absolute atomic E-state index is 0.607. The fourth-order valence-electron chi connectivity index (χ4n) is 2.58. The Kier molecular flexibility index (Phi) is 3.00. The van der Waals surface area contributed by atoms with Gasteiger partial charge in [-0.3, -0.25) is 0 Å². The van der Waals surface area contributed by atoms with Crippen molar-refractivity contribution in [2.75, 3.05) is 0 Å². The van der Waals surface area contributed by atoms with Crippen molar-refractivity contribution in [1.82, 2.24) is 20.0 Å². The van der Waals surface area contributed by atoms with Crippen LogP contribution in [0.15, 0.2) is 35.0 Å². The van der Waals surface area contributed by atoms with Crippen LogP contribution in [-0.4, -0.2) is 20.7 Å². The van der Waals surface area contributed by atoms with Gasteiger partial charge in [0.1, 0.15) is 0 Å². The molecule has 0 radical (unpaired) electrons. The Hall–Kier alpha value is -2.14. The molecule has 0 atom stereocenters. The normalized spacial score (nSPS) is 14.9. The summed E-state index contributed by atoms with van der Waals surface area (Å²) in [6.07, 6.45) is 4.71. The second kappa shape index (κ2) is 5.00. The highest BCUT2D eigenvalue weighted by Crippen LogP contribution is 2.21. The first-order valence-electron chi connectivity index (χ1n) is 7.38. The highest BCUT2D eigenvalue weighted by molar-refractivity contribution is 5.80. The Morgan fingerprint density at radius 1 is 1.33 bits per heavy atom. The van der Waals surface area contributed by atoms with Crippen LogP contribution in [0.1, 0.15) is 30.1 Å². The van der Waals surface area contributed by atoms with Crippen LogP contribution in [0.3, 0.4) is 0 Å². The Bertz CT molecular complexity index is 770. The van der Waals surface area contributed by atoms with E-state index in [1.54, 1.807) is 0 Å². The van der Waals surface area contributed by atoms with Crippen LogP contribution in [0.2, 0.25) is 0 Å². The average molecular weight is 282 g/mol. The van der Waals surface area contributed by atoms with Crippen molar-refractivity contribution in [2.24, 2.45) is 0 Å². The van der Waals surface area contributed by atoms with E-state index in [4.69, 9.17) is 4.52 Å². The summed E-state index contributed by atoms with van der Waals surface area (Å²) in [5, 5.41) is 8.76.